The molecule has 4 N–H and O–H groups in total. The van der Waals surface area contributed by atoms with Gasteiger partial charge in [0.2, 0.25) is 11.8 Å². The maximum Gasteiger partial charge on any atom is 0.407 e. The fraction of sp³-hybridized carbons (Fsp3) is 0.310. The van der Waals surface area contributed by atoms with Crippen molar-refractivity contribution < 1.29 is 23.9 Å². The van der Waals surface area contributed by atoms with E-state index in [4.69, 9.17) is 0 Å². The average Bonchev–Trinajstić information content (AvgIpc) is 4.10. The maximum atomic E-state index is 12.4. The average molecular weight is 805 g/mol. The number of nitrogens with zero attached hydrogens (tertiary/aromatic N) is 6. The van der Waals surface area contributed by atoms with Crippen LogP contribution in [0.25, 0.3) is 15.5 Å². The van der Waals surface area contributed by atoms with E-state index in [2.05, 4.69) is 64.1 Å². The van der Waals surface area contributed by atoms with Gasteiger partial charge in [-0.15, -0.1) is 0 Å². The lowest BCUT2D eigenvalue weighted by Crippen LogP contribution is -2.41. The normalized spacial score (nSPS) is 14.2. The van der Waals surface area contributed by atoms with Crippen molar-refractivity contribution in [1.82, 2.24) is 49.8 Å². The summed E-state index contributed by atoms with van der Waals surface area (Å²) in [6, 6.07) is 17.1. The molecular formula is C42H48N10O5S. The highest BCUT2D eigenvalue weighted by Crippen LogP contribution is 2.26. The second-order valence-electron chi connectivity index (χ2n) is 13.3. The molecule has 2 saturated heterocycles. The number of thiazole rings is 1. The minimum Gasteiger partial charge on any atom is -0.453 e. The lowest BCUT2D eigenvalue weighted by molar-refractivity contribution is -0.135. The quantitative estimate of drug-likeness (QED) is 0.122. The van der Waals surface area contributed by atoms with E-state index in [9.17, 15) is 19.2 Å². The summed E-state index contributed by atoms with van der Waals surface area (Å²) in [5.41, 5.74) is 4.07. The number of rotatable bonds is 7. The van der Waals surface area contributed by atoms with Crippen molar-refractivity contribution in [3.05, 3.63) is 121 Å². The molecule has 8 rings (SSSR count). The van der Waals surface area contributed by atoms with Gasteiger partial charge < -0.3 is 39.9 Å². The zero-order chi connectivity index (χ0) is 41.1. The smallest absolute Gasteiger partial charge is 0.407 e. The van der Waals surface area contributed by atoms with Crippen LogP contribution in [-0.2, 0) is 19.1 Å². The molecule has 0 radical (unpaired) electrons. The van der Waals surface area contributed by atoms with Gasteiger partial charge in [-0.05, 0) is 68.8 Å². The van der Waals surface area contributed by atoms with E-state index in [0.29, 0.717) is 6.29 Å². The highest BCUT2D eigenvalue weighted by Gasteiger charge is 2.28. The van der Waals surface area contributed by atoms with Crippen LogP contribution in [0.2, 0.25) is 0 Å². The first-order valence-electron chi connectivity index (χ1n) is 18.9. The molecule has 4 aromatic heterocycles. The van der Waals surface area contributed by atoms with Crippen molar-refractivity contribution in [1.29, 1.82) is 0 Å². The number of hydrogen-bond acceptors (Lipinski definition) is 10. The number of aromatic amines is 2. The van der Waals surface area contributed by atoms with Crippen LogP contribution in [0, 0.1) is 11.8 Å². The highest BCUT2D eigenvalue weighted by molar-refractivity contribution is 7.20. The molecule has 6 heterocycles. The van der Waals surface area contributed by atoms with E-state index >= 15 is 0 Å². The van der Waals surface area contributed by atoms with Crippen LogP contribution in [0.3, 0.4) is 0 Å². The Bertz CT molecular complexity index is 2190. The molecule has 2 aromatic carbocycles. The van der Waals surface area contributed by atoms with Gasteiger partial charge in [-0.2, -0.15) is 0 Å². The number of likely N-dealkylation sites (tertiary alicyclic amines) is 2. The Kier molecular flexibility index (Phi) is 16.3. The van der Waals surface area contributed by atoms with Crippen LogP contribution in [-0.4, -0.2) is 104 Å². The Hall–Kier alpha value is -6.57. The zero-order valence-electron chi connectivity index (χ0n) is 32.8. The Morgan fingerprint density at radius 2 is 1.48 bits per heavy atom. The van der Waals surface area contributed by atoms with Gasteiger partial charge in [-0.1, -0.05) is 72.0 Å². The van der Waals surface area contributed by atoms with Crippen LogP contribution in [0.4, 0.5) is 4.79 Å². The SMILES string of the molecule is C(#Cc1cnc[nH]1)c1cn2cc(-c3cnc[nH]3)sc2n1.CC(=O)NC(C(=O)N1CCCC1)c1ccccc1.CN1CCCC1.COC(=O)NC(C=O)c1ccccc1. The lowest BCUT2D eigenvalue weighted by atomic mass is 10.1. The number of fused-ring (bicyclic) bond motifs is 1. The van der Waals surface area contributed by atoms with Gasteiger partial charge in [0.25, 0.3) is 0 Å². The number of amides is 3. The highest BCUT2D eigenvalue weighted by atomic mass is 32.1. The third-order valence-corrected chi connectivity index (χ3v) is 10.0. The molecule has 3 amide bonds. The molecule has 16 heteroatoms. The van der Waals surface area contributed by atoms with Gasteiger partial charge in [0.1, 0.15) is 29.8 Å². The number of nitrogens with one attached hydrogen (secondary N) is 4. The minimum absolute atomic E-state index is 0.00565. The van der Waals surface area contributed by atoms with E-state index < -0.39 is 18.2 Å². The third kappa shape index (κ3) is 13.0. The first-order chi connectivity index (χ1) is 28.2. The maximum absolute atomic E-state index is 12.4. The lowest BCUT2D eigenvalue weighted by Gasteiger charge is -2.23. The third-order valence-electron chi connectivity index (χ3n) is 8.97. The summed E-state index contributed by atoms with van der Waals surface area (Å²) >= 11 is 1.59. The first-order valence-corrected chi connectivity index (χ1v) is 19.7. The first kappa shape index (κ1) is 42.6. The molecule has 2 atom stereocenters. The summed E-state index contributed by atoms with van der Waals surface area (Å²) in [4.78, 5) is 69.8. The number of carbonyl (C=O) groups is 4. The van der Waals surface area contributed by atoms with E-state index in [1.807, 2.05) is 58.1 Å². The number of alkyl carbamates (subject to hydrolysis) is 1. The van der Waals surface area contributed by atoms with Gasteiger partial charge in [0.15, 0.2) is 4.96 Å². The van der Waals surface area contributed by atoms with Crippen LogP contribution < -0.4 is 10.6 Å². The summed E-state index contributed by atoms with van der Waals surface area (Å²) in [5.74, 6) is 5.80. The number of aromatic nitrogens is 6. The van der Waals surface area contributed by atoms with Crippen molar-refractivity contribution in [2.75, 3.05) is 40.3 Å². The fourth-order valence-corrected chi connectivity index (χ4v) is 6.94. The molecular weight excluding hydrogens is 757 g/mol. The fourth-order valence-electron chi connectivity index (χ4n) is 6.00. The topological polar surface area (TPSA) is 183 Å². The molecule has 0 bridgehead atoms. The second kappa shape index (κ2) is 22.2. The predicted octanol–water partition coefficient (Wildman–Crippen LogP) is 5.39. The molecule has 0 saturated carbocycles. The number of ether oxygens (including phenoxy) is 1. The van der Waals surface area contributed by atoms with E-state index in [1.54, 1.807) is 60.7 Å². The summed E-state index contributed by atoms with van der Waals surface area (Å²) in [6.45, 7) is 5.66. The van der Waals surface area contributed by atoms with Gasteiger partial charge >= 0.3 is 6.09 Å². The number of benzene rings is 2. The van der Waals surface area contributed by atoms with Gasteiger partial charge in [0.05, 0.1) is 42.7 Å². The van der Waals surface area contributed by atoms with Crippen molar-refractivity contribution in [2.24, 2.45) is 0 Å². The van der Waals surface area contributed by atoms with Gasteiger partial charge in [-0.25, -0.2) is 19.7 Å². The number of aldehydes is 1. The predicted molar refractivity (Wildman–Crippen MR) is 222 cm³/mol. The summed E-state index contributed by atoms with van der Waals surface area (Å²) in [6.07, 6.45) is 15.6. The second-order valence-corrected chi connectivity index (χ2v) is 14.3. The molecule has 15 nitrogen and oxygen atoms in total. The van der Waals surface area contributed by atoms with Crippen molar-refractivity contribution in [3.8, 4) is 22.4 Å². The largest absolute Gasteiger partial charge is 0.453 e. The number of methoxy groups -OCH3 is 1. The minimum atomic E-state index is -0.649. The van der Waals surface area contributed by atoms with Crippen molar-refractivity contribution >= 4 is 40.5 Å². The van der Waals surface area contributed by atoms with Gasteiger partial charge in [-0.3, -0.25) is 14.0 Å². The summed E-state index contributed by atoms with van der Waals surface area (Å²) < 4.78 is 6.37. The summed E-state index contributed by atoms with van der Waals surface area (Å²) in [7, 11) is 3.43. The molecule has 58 heavy (non-hydrogen) atoms. The molecule has 302 valence electrons. The van der Waals surface area contributed by atoms with Gasteiger partial charge in [0, 0.05) is 32.4 Å². The molecule has 2 aliphatic rings. The standard InChI is InChI=1S/C14H18N2O2.C13H8N6S.C10H11NO3.C5H11N/c1-11(17)15-13(12-7-3-2-4-8-12)14(18)16-9-5-6-10-16;1(9-3-14-7-16-9)2-10-5-19-6-12(20-13(19)18-10)11-4-15-8-17-11;1-14-10(13)11-9(7-12)8-5-3-2-4-6-8;1-6-4-2-3-5-6/h2-4,7-8,13H,5-6,9-10H2,1H3,(H,15,17);3-8H,(H,14,16)(H,15,17);2-7,9H,1H3,(H,11,13);2-5H2,1H3. The monoisotopic (exact) mass is 804 g/mol. The molecule has 2 fully saturated rings. The molecule has 6 aromatic rings. The molecule has 0 aliphatic carbocycles. The Morgan fingerprint density at radius 3 is 2.02 bits per heavy atom. The van der Waals surface area contributed by atoms with Crippen LogP contribution >= 0.6 is 11.3 Å². The van der Waals surface area contributed by atoms with Crippen LogP contribution in [0.5, 0.6) is 0 Å². The van der Waals surface area contributed by atoms with Crippen molar-refractivity contribution in [3.63, 3.8) is 0 Å². The summed E-state index contributed by atoms with van der Waals surface area (Å²) in [5, 5.41) is 5.15. The van der Waals surface area contributed by atoms with E-state index in [1.165, 1.54) is 40.0 Å². The van der Waals surface area contributed by atoms with E-state index in [0.717, 1.165) is 64.0 Å². The molecule has 2 aliphatic heterocycles. The van der Waals surface area contributed by atoms with Crippen molar-refractivity contribution in [2.45, 2.75) is 44.7 Å². The number of H-pyrrole nitrogens is 2. The van der Waals surface area contributed by atoms with Crippen LogP contribution in [0.1, 0.15) is 67.2 Å². The number of carbonyl (C=O) groups excluding carboxylic acids is 4. The van der Waals surface area contributed by atoms with Crippen LogP contribution in [0.15, 0.2) is 98.1 Å². The van der Waals surface area contributed by atoms with E-state index in [-0.39, 0.29) is 11.8 Å². The Labute approximate surface area is 341 Å². The zero-order valence-corrected chi connectivity index (χ0v) is 33.6. The molecule has 0 spiro atoms. The number of hydrogen-bond donors (Lipinski definition) is 4. The Morgan fingerprint density at radius 1 is 0.845 bits per heavy atom. The Balaban J connectivity index is 0.000000156. The molecule has 2 unspecified atom stereocenters. The number of imidazole rings is 3.